The molecule has 7 heteroatoms. The fourth-order valence-corrected chi connectivity index (χ4v) is 7.51. The average molecular weight is 766 g/mol. The molecule has 0 saturated heterocycles. The van der Waals surface area contributed by atoms with Crippen LogP contribution >= 0.6 is 0 Å². The van der Waals surface area contributed by atoms with E-state index in [-0.39, 0.29) is 24.0 Å². The van der Waals surface area contributed by atoms with Crippen LogP contribution in [0.5, 0.6) is 0 Å². The van der Waals surface area contributed by atoms with Crippen LogP contribution in [-0.2, 0) is 28.6 Å². The molecular weight excluding hydrogens is 675 g/mol. The molecule has 0 unspecified atom stereocenters. The zero-order chi connectivity index (χ0) is 39.9. The van der Waals surface area contributed by atoms with Gasteiger partial charge in [-0.05, 0) is 77.3 Å². The van der Waals surface area contributed by atoms with Crippen LogP contribution in [0.4, 0.5) is 0 Å². The predicted octanol–water partition coefficient (Wildman–Crippen LogP) is 13.3. The number of likely N-dealkylation sites (N-methyl/N-ethyl adjacent to an activating group) is 1. The molecule has 0 spiro atoms. The Labute approximate surface area is 335 Å². The molecule has 0 N–H and O–H groups in total. The van der Waals surface area contributed by atoms with E-state index in [0.29, 0.717) is 44.4 Å². The number of hydrogen-bond donors (Lipinski definition) is 0. The number of hydrogen-bond acceptors (Lipinski definition) is 7. The third-order valence-corrected chi connectivity index (χ3v) is 11.0. The minimum Gasteiger partial charge on any atom is -0.466 e. The SMILES string of the molecule is CCCCCC(CCCCC)CCOC(=O)CCCCCCCC(CCCCCCCC(=O)OCCC(CCCCC)CCCCC)OC(=O)CN(C)C. The minimum atomic E-state index is -0.150. The van der Waals surface area contributed by atoms with E-state index in [9.17, 15) is 14.4 Å². The van der Waals surface area contributed by atoms with E-state index in [1.165, 1.54) is 103 Å². The number of unbranched alkanes of at least 4 members (excludes halogenated alkanes) is 16. The summed E-state index contributed by atoms with van der Waals surface area (Å²) >= 11 is 0. The number of esters is 3. The standard InChI is InChI=1S/C47H91NO6/c1-7-11-21-29-42(30-22-12-8-2)37-39-52-45(49)35-27-19-15-17-25-33-44(54-47(51)41-48(5)6)34-26-18-16-20-28-36-46(50)53-40-38-43(31-23-13-9-3)32-24-14-10-4/h42-44H,7-41H2,1-6H3. The van der Waals surface area contributed by atoms with Crippen molar-refractivity contribution in [3.8, 4) is 0 Å². The summed E-state index contributed by atoms with van der Waals surface area (Å²) in [6.45, 7) is 10.5. The maximum Gasteiger partial charge on any atom is 0.320 e. The van der Waals surface area contributed by atoms with Crippen molar-refractivity contribution in [1.82, 2.24) is 4.90 Å². The maximum atomic E-state index is 12.4. The summed E-state index contributed by atoms with van der Waals surface area (Å²) in [4.78, 5) is 39.0. The number of carbonyl (C=O) groups is 3. The molecule has 0 aromatic carbocycles. The summed E-state index contributed by atoms with van der Waals surface area (Å²) < 4.78 is 17.1. The summed E-state index contributed by atoms with van der Waals surface area (Å²) in [5.41, 5.74) is 0. The summed E-state index contributed by atoms with van der Waals surface area (Å²) in [5, 5.41) is 0. The zero-order valence-electron chi connectivity index (χ0n) is 36.9. The van der Waals surface area contributed by atoms with Crippen molar-refractivity contribution in [2.75, 3.05) is 33.9 Å². The van der Waals surface area contributed by atoms with Crippen LogP contribution < -0.4 is 0 Å². The molecule has 0 bridgehead atoms. The van der Waals surface area contributed by atoms with Gasteiger partial charge in [0.05, 0.1) is 19.8 Å². The summed E-state index contributed by atoms with van der Waals surface area (Å²) in [7, 11) is 3.78. The second kappa shape index (κ2) is 39.6. The highest BCUT2D eigenvalue weighted by molar-refractivity contribution is 5.71. The van der Waals surface area contributed by atoms with Gasteiger partial charge in [0.2, 0.25) is 0 Å². The van der Waals surface area contributed by atoms with E-state index in [1.807, 2.05) is 19.0 Å². The molecule has 320 valence electrons. The van der Waals surface area contributed by atoms with Crippen molar-refractivity contribution < 1.29 is 28.6 Å². The van der Waals surface area contributed by atoms with Crippen molar-refractivity contribution in [1.29, 1.82) is 0 Å². The van der Waals surface area contributed by atoms with Crippen molar-refractivity contribution in [3.63, 3.8) is 0 Å². The molecule has 0 aliphatic carbocycles. The monoisotopic (exact) mass is 766 g/mol. The van der Waals surface area contributed by atoms with Crippen molar-refractivity contribution >= 4 is 17.9 Å². The highest BCUT2D eigenvalue weighted by atomic mass is 16.5. The molecule has 0 rings (SSSR count). The Hall–Kier alpha value is -1.63. The molecule has 0 saturated carbocycles. The van der Waals surface area contributed by atoms with Gasteiger partial charge in [-0.15, -0.1) is 0 Å². The molecule has 0 aromatic rings. The summed E-state index contributed by atoms with van der Waals surface area (Å²) in [6, 6.07) is 0. The van der Waals surface area contributed by atoms with E-state index in [1.54, 1.807) is 0 Å². The largest absolute Gasteiger partial charge is 0.466 e. The van der Waals surface area contributed by atoms with Crippen LogP contribution in [0, 0.1) is 11.8 Å². The Balaban J connectivity index is 4.23. The summed E-state index contributed by atoms with van der Waals surface area (Å²) in [6.07, 6.45) is 35.5. The van der Waals surface area contributed by atoms with Gasteiger partial charge in [-0.25, -0.2) is 0 Å². The highest BCUT2D eigenvalue weighted by Crippen LogP contribution is 2.23. The van der Waals surface area contributed by atoms with Gasteiger partial charge >= 0.3 is 17.9 Å². The fraction of sp³-hybridized carbons (Fsp3) is 0.936. The lowest BCUT2D eigenvalue weighted by Crippen LogP contribution is -2.27. The molecule has 54 heavy (non-hydrogen) atoms. The predicted molar refractivity (Wildman–Crippen MR) is 228 cm³/mol. The Morgan fingerprint density at radius 2 is 0.741 bits per heavy atom. The number of nitrogens with zero attached hydrogens (tertiary/aromatic N) is 1. The molecule has 0 aliphatic rings. The van der Waals surface area contributed by atoms with Gasteiger partial charge in [0, 0.05) is 12.8 Å². The third-order valence-electron chi connectivity index (χ3n) is 11.0. The summed E-state index contributed by atoms with van der Waals surface area (Å²) in [5.74, 6) is 1.15. The normalized spacial score (nSPS) is 11.7. The Kier molecular flexibility index (Phi) is 38.4. The van der Waals surface area contributed by atoms with Gasteiger partial charge in [0.25, 0.3) is 0 Å². The number of carbonyl (C=O) groups excluding carboxylic acids is 3. The second-order valence-corrected chi connectivity index (χ2v) is 16.7. The van der Waals surface area contributed by atoms with Gasteiger partial charge in [-0.1, -0.05) is 169 Å². The van der Waals surface area contributed by atoms with Gasteiger partial charge in [0.15, 0.2) is 0 Å². The Morgan fingerprint density at radius 1 is 0.407 bits per heavy atom. The van der Waals surface area contributed by atoms with Crippen LogP contribution in [-0.4, -0.2) is 62.8 Å². The molecule has 0 radical (unpaired) electrons. The van der Waals surface area contributed by atoms with E-state index in [0.717, 1.165) is 89.9 Å². The second-order valence-electron chi connectivity index (χ2n) is 16.7. The van der Waals surface area contributed by atoms with E-state index in [4.69, 9.17) is 14.2 Å². The van der Waals surface area contributed by atoms with E-state index < -0.39 is 0 Å². The zero-order valence-corrected chi connectivity index (χ0v) is 36.9. The van der Waals surface area contributed by atoms with Gasteiger partial charge in [-0.2, -0.15) is 0 Å². The molecule has 0 amide bonds. The lowest BCUT2D eigenvalue weighted by molar-refractivity contribution is -0.150. The van der Waals surface area contributed by atoms with Gasteiger partial charge < -0.3 is 14.2 Å². The first-order valence-corrected chi connectivity index (χ1v) is 23.4. The highest BCUT2D eigenvalue weighted by Gasteiger charge is 2.16. The Bertz CT molecular complexity index is 772. The van der Waals surface area contributed by atoms with Crippen molar-refractivity contribution in [2.45, 2.75) is 239 Å². The smallest absolute Gasteiger partial charge is 0.320 e. The first-order chi connectivity index (χ1) is 26.2. The maximum absolute atomic E-state index is 12.4. The van der Waals surface area contributed by atoms with Crippen molar-refractivity contribution in [3.05, 3.63) is 0 Å². The third kappa shape index (κ3) is 36.0. The quantitative estimate of drug-likeness (QED) is 0.0348. The van der Waals surface area contributed by atoms with Crippen LogP contribution in [0.15, 0.2) is 0 Å². The van der Waals surface area contributed by atoms with Gasteiger partial charge in [-0.3, -0.25) is 19.3 Å². The van der Waals surface area contributed by atoms with Crippen LogP contribution in [0.1, 0.15) is 233 Å². The topological polar surface area (TPSA) is 82.1 Å². The lowest BCUT2D eigenvalue weighted by Gasteiger charge is -2.19. The van der Waals surface area contributed by atoms with Crippen LogP contribution in [0.3, 0.4) is 0 Å². The van der Waals surface area contributed by atoms with E-state index in [2.05, 4.69) is 27.7 Å². The fourth-order valence-electron chi connectivity index (χ4n) is 7.51. The Morgan fingerprint density at radius 3 is 1.09 bits per heavy atom. The number of rotatable bonds is 41. The number of ether oxygens (including phenoxy) is 3. The van der Waals surface area contributed by atoms with Crippen LogP contribution in [0.2, 0.25) is 0 Å². The lowest BCUT2D eigenvalue weighted by atomic mass is 9.92. The average Bonchev–Trinajstić information content (AvgIpc) is 3.13. The first kappa shape index (κ1) is 52.4. The first-order valence-electron chi connectivity index (χ1n) is 23.4. The van der Waals surface area contributed by atoms with Crippen molar-refractivity contribution in [2.24, 2.45) is 11.8 Å². The molecule has 0 atom stereocenters. The molecule has 0 aromatic heterocycles. The van der Waals surface area contributed by atoms with Gasteiger partial charge in [0.1, 0.15) is 6.10 Å². The van der Waals surface area contributed by atoms with Crippen LogP contribution in [0.25, 0.3) is 0 Å². The molecule has 0 aliphatic heterocycles. The van der Waals surface area contributed by atoms with E-state index >= 15 is 0 Å². The minimum absolute atomic E-state index is 0.0389. The molecule has 0 fully saturated rings. The molecule has 0 heterocycles. The molecular formula is C47H91NO6. The molecule has 7 nitrogen and oxygen atoms in total.